The van der Waals surface area contributed by atoms with E-state index in [2.05, 4.69) is 5.32 Å². The molecule has 0 spiro atoms. The summed E-state index contributed by atoms with van der Waals surface area (Å²) >= 11 is 0. The molecule has 0 radical (unpaired) electrons. The van der Waals surface area contributed by atoms with Crippen molar-refractivity contribution in [3.8, 4) is 0 Å². The summed E-state index contributed by atoms with van der Waals surface area (Å²) in [6, 6.07) is 13.4. The van der Waals surface area contributed by atoms with Crippen molar-refractivity contribution < 1.29 is 18.7 Å². The van der Waals surface area contributed by atoms with Crippen LogP contribution in [0.1, 0.15) is 36.8 Å². The van der Waals surface area contributed by atoms with Crippen molar-refractivity contribution in [1.29, 1.82) is 0 Å². The lowest BCUT2D eigenvalue weighted by Gasteiger charge is -2.19. The number of hydrogen-bond acceptors (Lipinski definition) is 2. The van der Waals surface area contributed by atoms with Gasteiger partial charge in [-0.05, 0) is 43.0 Å². The molecule has 2 aromatic rings. The van der Waals surface area contributed by atoms with Gasteiger partial charge in [-0.1, -0.05) is 36.4 Å². The van der Waals surface area contributed by atoms with E-state index in [1.165, 1.54) is 6.07 Å². The first-order valence-electron chi connectivity index (χ1n) is 8.39. The average Bonchev–Trinajstić information content (AvgIpc) is 2.60. The van der Waals surface area contributed by atoms with Crippen molar-refractivity contribution in [2.75, 3.05) is 6.54 Å². The molecule has 0 aromatic heterocycles. The third kappa shape index (κ3) is 6.27. The van der Waals surface area contributed by atoms with E-state index in [1.54, 1.807) is 6.92 Å². The van der Waals surface area contributed by atoms with Crippen LogP contribution in [0.2, 0.25) is 0 Å². The van der Waals surface area contributed by atoms with Crippen LogP contribution in [-0.4, -0.2) is 23.7 Å². The van der Waals surface area contributed by atoms with E-state index in [1.807, 2.05) is 30.3 Å². The molecule has 2 aromatic carbocycles. The number of benzene rings is 2. The van der Waals surface area contributed by atoms with E-state index in [0.29, 0.717) is 24.9 Å². The molecule has 3 nitrogen and oxygen atoms in total. The standard InChI is InChI=1S/C20H23F2NO2/c1-14(24)11-17(16-5-3-2-4-6-16)13-23-20(25)10-8-15-7-9-18(21)19(22)12-15/h2-7,9,12,14,17,24H,8,10-11,13H2,1H3,(H,23,25). The van der Waals surface area contributed by atoms with Crippen LogP contribution in [-0.2, 0) is 11.2 Å². The Morgan fingerprint density at radius 3 is 2.48 bits per heavy atom. The molecule has 0 aliphatic carbocycles. The summed E-state index contributed by atoms with van der Waals surface area (Å²) in [5.41, 5.74) is 1.64. The lowest BCUT2D eigenvalue weighted by atomic mass is 9.93. The number of rotatable bonds is 8. The SMILES string of the molecule is CC(O)CC(CNC(=O)CCc1ccc(F)c(F)c1)c1ccccc1. The van der Waals surface area contributed by atoms with Gasteiger partial charge in [-0.15, -0.1) is 0 Å². The van der Waals surface area contributed by atoms with Gasteiger partial charge < -0.3 is 10.4 Å². The van der Waals surface area contributed by atoms with Crippen LogP contribution in [0, 0.1) is 11.6 Å². The highest BCUT2D eigenvalue weighted by atomic mass is 19.2. The van der Waals surface area contributed by atoms with E-state index >= 15 is 0 Å². The Labute approximate surface area is 146 Å². The van der Waals surface area contributed by atoms with E-state index in [-0.39, 0.29) is 18.2 Å². The minimum Gasteiger partial charge on any atom is -0.393 e. The van der Waals surface area contributed by atoms with Crippen LogP contribution in [0.5, 0.6) is 0 Å². The first-order chi connectivity index (χ1) is 12.0. The van der Waals surface area contributed by atoms with Crippen molar-refractivity contribution in [3.63, 3.8) is 0 Å². The van der Waals surface area contributed by atoms with Crippen LogP contribution in [0.3, 0.4) is 0 Å². The smallest absolute Gasteiger partial charge is 0.220 e. The number of halogens is 2. The van der Waals surface area contributed by atoms with E-state index in [4.69, 9.17) is 0 Å². The zero-order valence-corrected chi connectivity index (χ0v) is 14.2. The van der Waals surface area contributed by atoms with Gasteiger partial charge in [0.05, 0.1) is 6.10 Å². The molecule has 0 aliphatic rings. The summed E-state index contributed by atoms with van der Waals surface area (Å²) < 4.78 is 26.1. The molecule has 0 bridgehead atoms. The fourth-order valence-electron chi connectivity index (χ4n) is 2.75. The summed E-state index contributed by atoms with van der Waals surface area (Å²) in [6.07, 6.45) is 0.619. The second-order valence-corrected chi connectivity index (χ2v) is 6.24. The second-order valence-electron chi connectivity index (χ2n) is 6.24. The number of aliphatic hydroxyl groups is 1. The minimum absolute atomic E-state index is 0.0217. The first kappa shape index (κ1) is 19.1. The van der Waals surface area contributed by atoms with Crippen molar-refractivity contribution in [1.82, 2.24) is 5.32 Å². The quantitative estimate of drug-likeness (QED) is 0.767. The molecular weight excluding hydrogens is 324 g/mol. The van der Waals surface area contributed by atoms with Crippen molar-refractivity contribution in [3.05, 3.63) is 71.3 Å². The predicted molar refractivity (Wildman–Crippen MR) is 93.2 cm³/mol. The Hall–Kier alpha value is -2.27. The van der Waals surface area contributed by atoms with Crippen LogP contribution < -0.4 is 5.32 Å². The maximum absolute atomic E-state index is 13.2. The van der Waals surface area contributed by atoms with Gasteiger partial charge in [-0.3, -0.25) is 4.79 Å². The molecule has 0 heterocycles. The maximum Gasteiger partial charge on any atom is 0.220 e. The molecule has 2 N–H and O–H groups in total. The largest absolute Gasteiger partial charge is 0.393 e. The number of aryl methyl sites for hydroxylation is 1. The third-order valence-corrected chi connectivity index (χ3v) is 4.07. The van der Waals surface area contributed by atoms with E-state index in [9.17, 15) is 18.7 Å². The third-order valence-electron chi connectivity index (χ3n) is 4.07. The Kier molecular flexibility index (Phi) is 7.07. The molecule has 134 valence electrons. The van der Waals surface area contributed by atoms with Crippen LogP contribution in [0.4, 0.5) is 8.78 Å². The normalized spacial score (nSPS) is 13.3. The molecule has 2 rings (SSSR count). The van der Waals surface area contributed by atoms with Gasteiger partial charge in [0.25, 0.3) is 0 Å². The van der Waals surface area contributed by atoms with Crippen molar-refractivity contribution >= 4 is 5.91 Å². The summed E-state index contributed by atoms with van der Waals surface area (Å²) in [4.78, 5) is 12.0. The molecule has 2 unspecified atom stereocenters. The average molecular weight is 347 g/mol. The molecule has 25 heavy (non-hydrogen) atoms. The lowest BCUT2D eigenvalue weighted by molar-refractivity contribution is -0.121. The van der Waals surface area contributed by atoms with Gasteiger partial charge in [0.1, 0.15) is 0 Å². The van der Waals surface area contributed by atoms with Gasteiger partial charge in [-0.25, -0.2) is 8.78 Å². The van der Waals surface area contributed by atoms with Crippen LogP contribution in [0.25, 0.3) is 0 Å². The van der Waals surface area contributed by atoms with Crippen molar-refractivity contribution in [2.45, 2.75) is 38.2 Å². The summed E-state index contributed by atoms with van der Waals surface area (Å²) in [5.74, 6) is -1.93. The fraction of sp³-hybridized carbons (Fsp3) is 0.350. The van der Waals surface area contributed by atoms with Gasteiger partial charge in [0.15, 0.2) is 11.6 Å². The lowest BCUT2D eigenvalue weighted by Crippen LogP contribution is -2.29. The highest BCUT2D eigenvalue weighted by Crippen LogP contribution is 2.20. The number of nitrogens with one attached hydrogen (secondary N) is 1. The highest BCUT2D eigenvalue weighted by molar-refractivity contribution is 5.76. The molecular formula is C20H23F2NO2. The monoisotopic (exact) mass is 347 g/mol. The predicted octanol–water partition coefficient (Wildman–Crippen LogP) is 3.57. The zero-order chi connectivity index (χ0) is 18.2. The first-order valence-corrected chi connectivity index (χ1v) is 8.39. The summed E-state index contributed by atoms with van der Waals surface area (Å²) in [7, 11) is 0. The molecule has 2 atom stereocenters. The second kappa shape index (κ2) is 9.28. The molecule has 0 fully saturated rings. The molecule has 1 amide bonds. The van der Waals surface area contributed by atoms with E-state index < -0.39 is 17.7 Å². The Bertz CT molecular complexity index is 689. The van der Waals surface area contributed by atoms with Crippen LogP contribution >= 0.6 is 0 Å². The van der Waals surface area contributed by atoms with Gasteiger partial charge in [-0.2, -0.15) is 0 Å². The molecule has 0 saturated heterocycles. The Balaban J connectivity index is 1.86. The molecule has 0 aliphatic heterocycles. The number of carbonyl (C=O) groups is 1. The topological polar surface area (TPSA) is 49.3 Å². The molecule has 5 heteroatoms. The molecule has 0 saturated carbocycles. The summed E-state index contributed by atoms with van der Waals surface area (Å²) in [6.45, 7) is 2.15. The number of aliphatic hydroxyl groups excluding tert-OH is 1. The van der Waals surface area contributed by atoms with Crippen LogP contribution in [0.15, 0.2) is 48.5 Å². The van der Waals surface area contributed by atoms with E-state index in [0.717, 1.165) is 17.7 Å². The summed E-state index contributed by atoms with van der Waals surface area (Å²) in [5, 5.41) is 12.5. The van der Waals surface area contributed by atoms with Crippen molar-refractivity contribution in [2.24, 2.45) is 0 Å². The zero-order valence-electron chi connectivity index (χ0n) is 14.2. The Morgan fingerprint density at radius 1 is 1.12 bits per heavy atom. The van der Waals surface area contributed by atoms with Gasteiger partial charge >= 0.3 is 0 Å². The fourth-order valence-corrected chi connectivity index (χ4v) is 2.75. The number of hydrogen-bond donors (Lipinski definition) is 2. The van der Waals surface area contributed by atoms with Gasteiger partial charge in [0, 0.05) is 18.9 Å². The van der Waals surface area contributed by atoms with Gasteiger partial charge in [0.2, 0.25) is 5.91 Å². The minimum atomic E-state index is -0.904. The highest BCUT2D eigenvalue weighted by Gasteiger charge is 2.15. The number of amides is 1. The number of carbonyl (C=O) groups excluding carboxylic acids is 1. The Morgan fingerprint density at radius 2 is 1.84 bits per heavy atom. The maximum atomic E-state index is 13.2.